The molecule has 0 aromatic heterocycles. The van der Waals surface area contributed by atoms with Gasteiger partial charge in [-0.1, -0.05) is 103 Å². The van der Waals surface area contributed by atoms with Gasteiger partial charge < -0.3 is 32.2 Å². The minimum absolute atomic E-state index is 0.0645. The molecule has 0 amide bonds. The van der Waals surface area contributed by atoms with Crippen LogP contribution in [0.15, 0.2) is 4.99 Å². The van der Waals surface area contributed by atoms with E-state index in [4.69, 9.17) is 32.2 Å². The Morgan fingerprint density at radius 3 is 1.53 bits per heavy atom. The van der Waals surface area contributed by atoms with Crippen LogP contribution in [0.3, 0.4) is 0 Å². The largest absolute Gasteiger partial charge is 0.479 e. The summed E-state index contributed by atoms with van der Waals surface area (Å²) in [6.45, 7) is 4.43. The number of rotatable bonds is 23. The highest BCUT2D eigenvalue weighted by molar-refractivity contribution is 5.76. The first-order valence-corrected chi connectivity index (χ1v) is 14.1. The third-order valence-corrected chi connectivity index (χ3v) is 5.87. The molecule has 0 aliphatic carbocycles. The predicted octanol–water partition coefficient (Wildman–Crippen LogP) is 4.62. The Bertz CT molecular complexity index is 540. The Morgan fingerprint density at radius 1 is 0.778 bits per heavy atom. The van der Waals surface area contributed by atoms with Gasteiger partial charge in [0, 0.05) is 6.54 Å². The highest BCUT2D eigenvalue weighted by atomic mass is 16.5. The number of hydrogen-bond donors (Lipinski definition) is 5. The molecule has 0 saturated heterocycles. The third kappa shape index (κ3) is 30.2. The van der Waals surface area contributed by atoms with Crippen molar-refractivity contribution in [3.8, 4) is 0 Å². The Labute approximate surface area is 219 Å². The average Bonchev–Trinajstić information content (AvgIpc) is 2.83. The number of unbranched alkanes of at least 4 members (excludes halogenated alkanes) is 15. The number of aliphatic hydroxyl groups excluding tert-OH is 1. The summed E-state index contributed by atoms with van der Waals surface area (Å²) in [5.41, 5.74) is 16.3. The first-order valence-electron chi connectivity index (χ1n) is 14.1. The molecule has 0 rings (SSSR count). The molecule has 0 aliphatic rings. The molecule has 0 spiro atoms. The lowest BCUT2D eigenvalue weighted by molar-refractivity contribution is -0.146. The highest BCUT2D eigenvalue weighted by Gasteiger charge is 2.14. The molecule has 0 heterocycles. The monoisotopic (exact) mass is 516 g/mol. The standard InChI is InChI=1S/C24H50N4O2.C3H6O3/c1-2-3-4-5-6-7-8-9-10-11-12-13-14-15-16-17-21-30-23(29)22(25)19-18-20-28-24(26)27;1-2(4)3(5)6/h22H,2-21,25H2,1H3,(H4,26,27,28);2,4H,1H3,(H,5,6). The zero-order valence-corrected chi connectivity index (χ0v) is 23.1. The fraction of sp³-hybridized carbons (Fsp3) is 0.889. The van der Waals surface area contributed by atoms with Gasteiger partial charge in [0.15, 0.2) is 5.96 Å². The maximum absolute atomic E-state index is 11.8. The molecule has 2 atom stereocenters. The molecular weight excluding hydrogens is 460 g/mol. The number of carboxylic acid groups (broad SMARTS) is 1. The highest BCUT2D eigenvalue weighted by Crippen LogP contribution is 2.13. The van der Waals surface area contributed by atoms with Crippen molar-refractivity contribution >= 4 is 17.9 Å². The Balaban J connectivity index is 0. The topological polar surface area (TPSA) is 174 Å². The second-order valence-corrected chi connectivity index (χ2v) is 9.54. The number of aliphatic hydroxyl groups is 1. The summed E-state index contributed by atoms with van der Waals surface area (Å²) in [5, 5.41) is 15.8. The fourth-order valence-electron chi connectivity index (χ4n) is 3.57. The molecule has 9 nitrogen and oxygen atoms in total. The molecule has 0 bridgehead atoms. The van der Waals surface area contributed by atoms with Crippen LogP contribution in [0.25, 0.3) is 0 Å². The zero-order valence-electron chi connectivity index (χ0n) is 23.1. The van der Waals surface area contributed by atoms with Crippen LogP contribution in [-0.4, -0.2) is 53.4 Å². The summed E-state index contributed by atoms with van der Waals surface area (Å²) in [7, 11) is 0. The summed E-state index contributed by atoms with van der Waals surface area (Å²) >= 11 is 0. The Kier molecular flexibility index (Phi) is 27.9. The first kappa shape index (κ1) is 36.3. The van der Waals surface area contributed by atoms with Gasteiger partial charge in [-0.25, -0.2) is 4.79 Å². The van der Waals surface area contributed by atoms with E-state index in [1.54, 1.807) is 0 Å². The number of nitrogens with two attached hydrogens (primary N) is 3. The van der Waals surface area contributed by atoms with E-state index in [1.807, 2.05) is 0 Å². The number of aliphatic imine (C=N–C) groups is 1. The van der Waals surface area contributed by atoms with E-state index in [0.29, 0.717) is 26.0 Å². The van der Waals surface area contributed by atoms with Gasteiger partial charge in [-0.05, 0) is 26.2 Å². The summed E-state index contributed by atoms with van der Waals surface area (Å²) < 4.78 is 5.25. The minimum atomic E-state index is -1.23. The normalized spacial score (nSPS) is 12.2. The summed E-state index contributed by atoms with van der Waals surface area (Å²) in [4.78, 5) is 25.1. The number of esters is 1. The number of aliphatic carboxylic acids is 1. The van der Waals surface area contributed by atoms with Crippen LogP contribution >= 0.6 is 0 Å². The van der Waals surface area contributed by atoms with Gasteiger partial charge in [0.1, 0.15) is 12.1 Å². The van der Waals surface area contributed by atoms with Crippen molar-refractivity contribution in [3.63, 3.8) is 0 Å². The van der Waals surface area contributed by atoms with Gasteiger partial charge in [0.25, 0.3) is 0 Å². The quantitative estimate of drug-likeness (QED) is 0.0565. The number of carboxylic acids is 1. The van der Waals surface area contributed by atoms with Gasteiger partial charge in [-0.2, -0.15) is 0 Å². The van der Waals surface area contributed by atoms with E-state index in [9.17, 15) is 9.59 Å². The molecule has 8 N–H and O–H groups in total. The van der Waals surface area contributed by atoms with Crippen LogP contribution in [-0.2, 0) is 14.3 Å². The van der Waals surface area contributed by atoms with E-state index in [0.717, 1.165) is 12.8 Å². The van der Waals surface area contributed by atoms with E-state index in [2.05, 4.69) is 11.9 Å². The lowest BCUT2D eigenvalue weighted by Gasteiger charge is -2.11. The zero-order chi connectivity index (χ0) is 27.4. The van der Waals surface area contributed by atoms with E-state index in [1.165, 1.54) is 96.8 Å². The van der Waals surface area contributed by atoms with Crippen molar-refractivity contribution in [3.05, 3.63) is 0 Å². The van der Waals surface area contributed by atoms with E-state index >= 15 is 0 Å². The molecule has 2 unspecified atom stereocenters. The molecule has 0 aromatic rings. The van der Waals surface area contributed by atoms with Gasteiger partial charge in [0.05, 0.1) is 6.61 Å². The SMILES string of the molecule is CC(O)C(=O)O.CCCCCCCCCCCCCCCCCCOC(=O)C(N)CCCN=C(N)N. The van der Waals surface area contributed by atoms with Gasteiger partial charge in [-0.15, -0.1) is 0 Å². The van der Waals surface area contributed by atoms with Crippen LogP contribution in [0.1, 0.15) is 129 Å². The number of hydrogen-bond acceptors (Lipinski definition) is 6. The molecule has 36 heavy (non-hydrogen) atoms. The van der Waals surface area contributed by atoms with Crippen molar-refractivity contribution < 1.29 is 24.5 Å². The summed E-state index contributed by atoms with van der Waals surface area (Å²) in [5.74, 6) is -1.44. The maximum atomic E-state index is 11.8. The van der Waals surface area contributed by atoms with Crippen molar-refractivity contribution in [2.45, 2.75) is 142 Å². The summed E-state index contributed by atoms with van der Waals surface area (Å²) in [6.07, 6.45) is 21.3. The van der Waals surface area contributed by atoms with E-state index < -0.39 is 18.1 Å². The molecule has 214 valence electrons. The predicted molar refractivity (Wildman–Crippen MR) is 148 cm³/mol. The van der Waals surface area contributed by atoms with Crippen molar-refractivity contribution in [1.29, 1.82) is 0 Å². The molecule has 0 fully saturated rings. The van der Waals surface area contributed by atoms with Crippen LogP contribution in [0.5, 0.6) is 0 Å². The molecule has 0 radical (unpaired) electrons. The number of carbonyl (C=O) groups excluding carboxylic acids is 1. The third-order valence-electron chi connectivity index (χ3n) is 5.87. The molecule has 0 aromatic carbocycles. The van der Waals surface area contributed by atoms with Crippen LogP contribution < -0.4 is 17.2 Å². The second kappa shape index (κ2) is 27.7. The number of nitrogens with zero attached hydrogens (tertiary/aromatic N) is 1. The fourth-order valence-corrected chi connectivity index (χ4v) is 3.57. The summed E-state index contributed by atoms with van der Waals surface area (Å²) in [6, 6.07) is -0.583. The Morgan fingerprint density at radius 2 is 1.17 bits per heavy atom. The average molecular weight is 517 g/mol. The second-order valence-electron chi connectivity index (χ2n) is 9.54. The molecule has 0 aliphatic heterocycles. The van der Waals surface area contributed by atoms with Crippen molar-refractivity contribution in [2.75, 3.05) is 13.2 Å². The van der Waals surface area contributed by atoms with Crippen LogP contribution in [0.2, 0.25) is 0 Å². The molecule has 0 saturated carbocycles. The van der Waals surface area contributed by atoms with Crippen LogP contribution in [0, 0.1) is 0 Å². The smallest absolute Gasteiger partial charge is 0.332 e. The minimum Gasteiger partial charge on any atom is -0.479 e. The van der Waals surface area contributed by atoms with Crippen molar-refractivity contribution in [1.82, 2.24) is 0 Å². The van der Waals surface area contributed by atoms with Gasteiger partial charge >= 0.3 is 11.9 Å². The van der Waals surface area contributed by atoms with Crippen LogP contribution in [0.4, 0.5) is 0 Å². The number of guanidine groups is 1. The number of carbonyl (C=O) groups is 2. The van der Waals surface area contributed by atoms with Crippen molar-refractivity contribution in [2.24, 2.45) is 22.2 Å². The van der Waals surface area contributed by atoms with Gasteiger partial charge in [-0.3, -0.25) is 9.79 Å². The Hall–Kier alpha value is -1.87. The maximum Gasteiger partial charge on any atom is 0.332 e. The lowest BCUT2D eigenvalue weighted by atomic mass is 10.0. The molecule has 9 heteroatoms. The number of ether oxygens (including phenoxy) is 1. The molecular formula is C27H56N4O5. The van der Waals surface area contributed by atoms with Gasteiger partial charge in [0.2, 0.25) is 0 Å². The van der Waals surface area contributed by atoms with E-state index in [-0.39, 0.29) is 11.9 Å². The first-order chi connectivity index (χ1) is 17.2. The lowest BCUT2D eigenvalue weighted by Crippen LogP contribution is -2.32.